The van der Waals surface area contributed by atoms with Crippen LogP contribution >= 0.6 is 11.3 Å². The maximum atomic E-state index is 11.2. The minimum absolute atomic E-state index is 0.0775. The van der Waals surface area contributed by atoms with Crippen LogP contribution in [0, 0.1) is 6.92 Å². The van der Waals surface area contributed by atoms with E-state index in [4.69, 9.17) is 14.1 Å². The van der Waals surface area contributed by atoms with Crippen LogP contribution in [0.25, 0.3) is 22.7 Å². The van der Waals surface area contributed by atoms with Crippen LogP contribution in [-0.2, 0) is 24.4 Å². The molecule has 39 heavy (non-hydrogen) atoms. The zero-order chi connectivity index (χ0) is 27.2. The first-order valence-electron chi connectivity index (χ1n) is 12.7. The van der Waals surface area contributed by atoms with E-state index in [0.29, 0.717) is 25.5 Å². The number of nitrogens with zero attached hydrogens (tertiary/aromatic N) is 3. The molecule has 5 rings (SSSR count). The fraction of sp³-hybridized carbons (Fsp3) is 0.194. The fourth-order valence-electron chi connectivity index (χ4n) is 4.16. The number of oxazole rings is 1. The summed E-state index contributed by atoms with van der Waals surface area (Å²) in [6, 6.07) is 27.7. The lowest BCUT2D eigenvalue weighted by atomic mass is 10.1. The molecule has 2 aromatic heterocycles. The topological polar surface area (TPSA) is 88.7 Å². The molecule has 0 aliphatic rings. The second-order valence-corrected chi connectivity index (χ2v) is 10.3. The van der Waals surface area contributed by atoms with Gasteiger partial charge in [-0.05, 0) is 43.2 Å². The van der Waals surface area contributed by atoms with Crippen LogP contribution in [0.2, 0.25) is 0 Å². The van der Waals surface area contributed by atoms with Crippen LogP contribution in [0.3, 0.4) is 0 Å². The van der Waals surface area contributed by atoms with Gasteiger partial charge in [0.25, 0.3) is 0 Å². The van der Waals surface area contributed by atoms with Gasteiger partial charge < -0.3 is 19.2 Å². The predicted molar refractivity (Wildman–Crippen MR) is 153 cm³/mol. The van der Waals surface area contributed by atoms with Crippen molar-refractivity contribution in [3.05, 3.63) is 107 Å². The van der Waals surface area contributed by atoms with Gasteiger partial charge in [-0.15, -0.1) is 11.3 Å². The Morgan fingerprint density at radius 1 is 0.949 bits per heavy atom. The van der Waals surface area contributed by atoms with Gasteiger partial charge in [0, 0.05) is 29.6 Å². The van der Waals surface area contributed by atoms with Crippen molar-refractivity contribution < 1.29 is 19.1 Å². The van der Waals surface area contributed by atoms with Crippen LogP contribution < -0.4 is 9.64 Å². The van der Waals surface area contributed by atoms with Crippen molar-refractivity contribution in [3.8, 4) is 28.5 Å². The maximum absolute atomic E-state index is 11.2. The Morgan fingerprint density at radius 3 is 2.28 bits per heavy atom. The summed E-state index contributed by atoms with van der Waals surface area (Å²) in [5.41, 5.74) is 4.66. The molecule has 0 bridgehead atoms. The van der Waals surface area contributed by atoms with Crippen molar-refractivity contribution in [3.63, 3.8) is 0 Å². The molecular formula is C31H29N3O4S. The molecule has 0 radical (unpaired) electrons. The fourth-order valence-corrected chi connectivity index (χ4v) is 5.21. The standard InChI is InChI=1S/C31H29N3O4S/c1-21-26(32-30(38-21)24-11-7-4-8-12-24)20-37-25-15-13-22(14-16-25)19-34(2)31-33-29(23-9-5-3-6-10-23)27(39-31)17-18-28(35)36/h3-16H,17-20H2,1-2H3,(H,35,36). The average molecular weight is 540 g/mol. The Balaban J connectivity index is 1.23. The Hall–Kier alpha value is -4.43. The Kier molecular flexibility index (Phi) is 8.03. The SMILES string of the molecule is Cc1oc(-c2ccccc2)nc1COc1ccc(CN(C)c2nc(-c3ccccc3)c(CCC(=O)O)s2)cc1. The lowest BCUT2D eigenvalue weighted by molar-refractivity contribution is -0.136. The lowest BCUT2D eigenvalue weighted by Crippen LogP contribution is -2.16. The average Bonchev–Trinajstić information content (AvgIpc) is 3.56. The van der Waals surface area contributed by atoms with Gasteiger partial charge in [0.05, 0.1) is 12.1 Å². The van der Waals surface area contributed by atoms with Crippen LogP contribution in [0.15, 0.2) is 89.3 Å². The number of aromatic nitrogens is 2. The molecule has 8 heteroatoms. The molecule has 0 saturated heterocycles. The van der Waals surface area contributed by atoms with Gasteiger partial charge in [0.15, 0.2) is 5.13 Å². The second kappa shape index (κ2) is 12.0. The molecule has 5 aromatic rings. The van der Waals surface area contributed by atoms with E-state index in [1.165, 1.54) is 0 Å². The summed E-state index contributed by atoms with van der Waals surface area (Å²) in [6.45, 7) is 2.87. The highest BCUT2D eigenvalue weighted by Gasteiger charge is 2.17. The quantitative estimate of drug-likeness (QED) is 0.193. The van der Waals surface area contributed by atoms with Gasteiger partial charge in [-0.3, -0.25) is 4.79 Å². The number of hydrogen-bond acceptors (Lipinski definition) is 7. The number of hydrogen-bond donors (Lipinski definition) is 1. The third-order valence-electron chi connectivity index (χ3n) is 6.26. The van der Waals surface area contributed by atoms with E-state index >= 15 is 0 Å². The van der Waals surface area contributed by atoms with Crippen molar-refractivity contribution in [2.45, 2.75) is 32.9 Å². The number of aryl methyl sites for hydroxylation is 2. The molecule has 0 saturated carbocycles. The van der Waals surface area contributed by atoms with E-state index in [1.54, 1.807) is 11.3 Å². The molecule has 0 unspecified atom stereocenters. The zero-order valence-electron chi connectivity index (χ0n) is 21.8. The molecule has 0 aliphatic heterocycles. The first-order chi connectivity index (χ1) is 19.0. The number of thiazole rings is 1. The highest BCUT2D eigenvalue weighted by Crippen LogP contribution is 2.34. The minimum atomic E-state index is -0.810. The summed E-state index contributed by atoms with van der Waals surface area (Å²) >= 11 is 1.55. The van der Waals surface area contributed by atoms with Crippen molar-refractivity contribution in [2.75, 3.05) is 11.9 Å². The first kappa shape index (κ1) is 26.2. The van der Waals surface area contributed by atoms with Gasteiger partial charge >= 0.3 is 5.97 Å². The van der Waals surface area contributed by atoms with E-state index in [9.17, 15) is 9.90 Å². The van der Waals surface area contributed by atoms with Crippen LogP contribution in [0.4, 0.5) is 5.13 Å². The number of carboxylic acid groups (broad SMARTS) is 1. The van der Waals surface area contributed by atoms with E-state index in [-0.39, 0.29) is 6.42 Å². The molecule has 2 heterocycles. The molecule has 0 fully saturated rings. The van der Waals surface area contributed by atoms with Gasteiger partial charge in [-0.2, -0.15) is 0 Å². The number of ether oxygens (including phenoxy) is 1. The van der Waals surface area contributed by atoms with E-state index in [1.807, 2.05) is 98.9 Å². The summed E-state index contributed by atoms with van der Waals surface area (Å²) in [5.74, 6) is 1.28. The van der Waals surface area contributed by atoms with Gasteiger partial charge in [-0.25, -0.2) is 9.97 Å². The Labute approximate surface area is 231 Å². The van der Waals surface area contributed by atoms with Crippen LogP contribution in [0.1, 0.15) is 28.3 Å². The number of carboxylic acids is 1. The molecule has 0 atom stereocenters. The normalized spacial score (nSPS) is 10.9. The summed E-state index contributed by atoms with van der Waals surface area (Å²) in [4.78, 5) is 23.7. The Morgan fingerprint density at radius 2 is 1.62 bits per heavy atom. The summed E-state index contributed by atoms with van der Waals surface area (Å²) < 4.78 is 11.8. The van der Waals surface area contributed by atoms with E-state index in [0.717, 1.165) is 49.6 Å². The lowest BCUT2D eigenvalue weighted by Gasteiger charge is -2.16. The Bertz CT molecular complexity index is 1530. The predicted octanol–water partition coefficient (Wildman–Crippen LogP) is 7.01. The number of aliphatic carboxylic acids is 1. The van der Waals surface area contributed by atoms with Gasteiger partial charge in [0.1, 0.15) is 23.8 Å². The summed E-state index contributed by atoms with van der Waals surface area (Å²) in [7, 11) is 2.00. The van der Waals surface area contributed by atoms with Crippen molar-refractivity contribution in [1.29, 1.82) is 0 Å². The molecule has 0 spiro atoms. The number of rotatable bonds is 11. The largest absolute Gasteiger partial charge is 0.487 e. The number of anilines is 1. The monoisotopic (exact) mass is 539 g/mol. The van der Waals surface area contributed by atoms with E-state index < -0.39 is 5.97 Å². The third-order valence-corrected chi connectivity index (χ3v) is 7.49. The van der Waals surface area contributed by atoms with Gasteiger partial charge in [0.2, 0.25) is 5.89 Å². The third kappa shape index (κ3) is 6.53. The molecule has 7 nitrogen and oxygen atoms in total. The second-order valence-electron chi connectivity index (χ2n) is 9.20. The molecule has 0 amide bonds. The minimum Gasteiger partial charge on any atom is -0.487 e. The van der Waals surface area contributed by atoms with E-state index in [2.05, 4.69) is 9.88 Å². The highest BCUT2D eigenvalue weighted by atomic mass is 32.1. The smallest absolute Gasteiger partial charge is 0.303 e. The van der Waals surface area contributed by atoms with Gasteiger partial charge in [-0.1, -0.05) is 60.7 Å². The van der Waals surface area contributed by atoms with Crippen molar-refractivity contribution >= 4 is 22.4 Å². The maximum Gasteiger partial charge on any atom is 0.303 e. The number of carbonyl (C=O) groups is 1. The summed E-state index contributed by atoms with van der Waals surface area (Å²) in [5, 5.41) is 10.0. The molecular weight excluding hydrogens is 510 g/mol. The first-order valence-corrected chi connectivity index (χ1v) is 13.5. The summed E-state index contributed by atoms with van der Waals surface area (Å²) in [6.07, 6.45) is 0.531. The zero-order valence-corrected chi connectivity index (χ0v) is 22.6. The molecule has 198 valence electrons. The molecule has 1 N–H and O–H groups in total. The molecule has 0 aliphatic carbocycles. The van der Waals surface area contributed by atoms with Crippen LogP contribution in [-0.4, -0.2) is 28.1 Å². The van der Waals surface area contributed by atoms with Crippen molar-refractivity contribution in [1.82, 2.24) is 9.97 Å². The molecule has 3 aromatic carbocycles. The van der Waals surface area contributed by atoms with Crippen LogP contribution in [0.5, 0.6) is 5.75 Å². The highest BCUT2D eigenvalue weighted by molar-refractivity contribution is 7.16. The number of benzene rings is 3. The van der Waals surface area contributed by atoms with Crippen molar-refractivity contribution in [2.24, 2.45) is 0 Å².